The summed E-state index contributed by atoms with van der Waals surface area (Å²) in [5.41, 5.74) is 1.17. The second kappa shape index (κ2) is 5.44. The van der Waals surface area contributed by atoms with Crippen LogP contribution in [0.2, 0.25) is 0 Å². The van der Waals surface area contributed by atoms with Gasteiger partial charge in [0.25, 0.3) is 0 Å². The van der Waals surface area contributed by atoms with Crippen LogP contribution in [0.25, 0.3) is 0 Å². The molecule has 72 valence electrons. The monoisotopic (exact) mass is 291 g/mol. The van der Waals surface area contributed by atoms with E-state index in [1.165, 1.54) is 9.26 Å². The summed E-state index contributed by atoms with van der Waals surface area (Å²) in [5, 5.41) is 3.33. The summed E-state index contributed by atoms with van der Waals surface area (Å²) in [5.74, 6) is 0. The van der Waals surface area contributed by atoms with E-state index >= 15 is 0 Å². The third-order valence-corrected chi connectivity index (χ3v) is 2.80. The largest absolute Gasteiger partial charge is 0.382 e. The average Bonchev–Trinajstić information content (AvgIpc) is 2.16. The van der Waals surface area contributed by atoms with E-state index in [0.717, 1.165) is 6.54 Å². The second-order valence-corrected chi connectivity index (χ2v) is 4.07. The number of anilines is 1. The van der Waals surface area contributed by atoms with E-state index in [0.29, 0.717) is 0 Å². The molecule has 0 heterocycles. The molecule has 0 bridgehead atoms. The topological polar surface area (TPSA) is 21.3 Å². The van der Waals surface area contributed by atoms with Crippen molar-refractivity contribution < 1.29 is 4.74 Å². The van der Waals surface area contributed by atoms with E-state index in [2.05, 4.69) is 40.0 Å². The van der Waals surface area contributed by atoms with E-state index in [9.17, 15) is 0 Å². The highest BCUT2D eigenvalue weighted by Crippen LogP contribution is 2.16. The minimum Gasteiger partial charge on any atom is -0.382 e. The molecule has 1 unspecified atom stereocenters. The van der Waals surface area contributed by atoms with Crippen LogP contribution >= 0.6 is 22.6 Å². The normalized spacial score (nSPS) is 12.5. The molecule has 1 rings (SSSR count). The number of rotatable bonds is 4. The number of benzene rings is 1. The molecule has 1 atom stereocenters. The third-order valence-electron chi connectivity index (χ3n) is 1.86. The van der Waals surface area contributed by atoms with Gasteiger partial charge in [-0.3, -0.25) is 0 Å². The van der Waals surface area contributed by atoms with Gasteiger partial charge in [0.2, 0.25) is 0 Å². The molecule has 1 aromatic rings. The summed E-state index contributed by atoms with van der Waals surface area (Å²) in [4.78, 5) is 0. The maximum atomic E-state index is 5.15. The molecule has 0 spiro atoms. The Morgan fingerprint density at radius 3 is 2.77 bits per heavy atom. The fourth-order valence-electron chi connectivity index (χ4n) is 0.942. The Morgan fingerprint density at radius 1 is 1.46 bits per heavy atom. The van der Waals surface area contributed by atoms with Gasteiger partial charge < -0.3 is 10.1 Å². The maximum absolute atomic E-state index is 5.15. The number of halogens is 1. The maximum Gasteiger partial charge on any atom is 0.0715 e. The van der Waals surface area contributed by atoms with Crippen LogP contribution in [-0.2, 0) is 4.74 Å². The van der Waals surface area contributed by atoms with Gasteiger partial charge in [0, 0.05) is 22.9 Å². The predicted octanol–water partition coefficient (Wildman–Crippen LogP) is 2.74. The van der Waals surface area contributed by atoms with Gasteiger partial charge in [-0.1, -0.05) is 12.1 Å². The number of hydrogen-bond acceptors (Lipinski definition) is 2. The average molecular weight is 291 g/mol. The van der Waals surface area contributed by atoms with Gasteiger partial charge in [0.05, 0.1) is 6.10 Å². The smallest absolute Gasteiger partial charge is 0.0715 e. The first kappa shape index (κ1) is 10.8. The summed E-state index contributed by atoms with van der Waals surface area (Å²) in [6.45, 7) is 2.89. The minimum atomic E-state index is 0.246. The lowest BCUT2D eigenvalue weighted by molar-refractivity contribution is 0.129. The van der Waals surface area contributed by atoms with Gasteiger partial charge in [-0.2, -0.15) is 0 Å². The number of methoxy groups -OCH3 is 1. The molecular weight excluding hydrogens is 277 g/mol. The van der Waals surface area contributed by atoms with Crippen molar-refractivity contribution in [3.05, 3.63) is 27.8 Å². The Bertz CT molecular complexity index is 265. The number of ether oxygens (including phenoxy) is 1. The van der Waals surface area contributed by atoms with Gasteiger partial charge in [0.1, 0.15) is 0 Å². The fraction of sp³-hybridized carbons (Fsp3) is 0.400. The quantitative estimate of drug-likeness (QED) is 0.861. The van der Waals surface area contributed by atoms with Crippen LogP contribution in [0, 0.1) is 3.57 Å². The minimum absolute atomic E-state index is 0.246. The molecule has 0 aliphatic rings. The number of hydrogen-bond donors (Lipinski definition) is 1. The van der Waals surface area contributed by atoms with Gasteiger partial charge in [-0.15, -0.1) is 0 Å². The summed E-state index contributed by atoms with van der Waals surface area (Å²) in [6, 6.07) is 8.22. The lowest BCUT2D eigenvalue weighted by Crippen LogP contribution is -2.18. The summed E-state index contributed by atoms with van der Waals surface area (Å²) < 4.78 is 6.39. The van der Waals surface area contributed by atoms with Crippen molar-refractivity contribution in [2.45, 2.75) is 13.0 Å². The van der Waals surface area contributed by atoms with Crippen LogP contribution in [0.5, 0.6) is 0 Å². The highest BCUT2D eigenvalue weighted by atomic mass is 127. The Hall–Kier alpha value is -0.290. The number of nitrogens with one attached hydrogen (secondary N) is 1. The zero-order chi connectivity index (χ0) is 9.68. The number of para-hydroxylation sites is 1. The van der Waals surface area contributed by atoms with Crippen molar-refractivity contribution in [3.8, 4) is 0 Å². The van der Waals surface area contributed by atoms with E-state index < -0.39 is 0 Å². The van der Waals surface area contributed by atoms with Crippen LogP contribution in [0.4, 0.5) is 5.69 Å². The second-order valence-electron chi connectivity index (χ2n) is 2.91. The lowest BCUT2D eigenvalue weighted by Gasteiger charge is -2.12. The van der Waals surface area contributed by atoms with Crippen LogP contribution in [0.3, 0.4) is 0 Å². The first-order valence-electron chi connectivity index (χ1n) is 4.25. The van der Waals surface area contributed by atoms with E-state index in [-0.39, 0.29) is 6.10 Å². The molecular formula is C10H14INO. The Labute approximate surface area is 92.8 Å². The summed E-state index contributed by atoms with van der Waals surface area (Å²) >= 11 is 2.32. The molecule has 0 aliphatic carbocycles. The van der Waals surface area contributed by atoms with Crippen molar-refractivity contribution in [2.75, 3.05) is 19.0 Å². The molecule has 0 aromatic heterocycles. The molecule has 1 N–H and O–H groups in total. The van der Waals surface area contributed by atoms with Gasteiger partial charge in [0.15, 0.2) is 0 Å². The molecule has 0 aliphatic heterocycles. The van der Waals surface area contributed by atoms with Crippen molar-refractivity contribution >= 4 is 28.3 Å². The highest BCUT2D eigenvalue weighted by molar-refractivity contribution is 14.1. The molecule has 0 radical (unpaired) electrons. The van der Waals surface area contributed by atoms with Crippen LogP contribution < -0.4 is 5.32 Å². The Kier molecular flexibility index (Phi) is 4.52. The SMILES string of the molecule is COC(C)CNc1ccccc1I. The Morgan fingerprint density at radius 2 is 2.15 bits per heavy atom. The first-order chi connectivity index (χ1) is 6.24. The van der Waals surface area contributed by atoms with Crippen molar-refractivity contribution in [1.82, 2.24) is 0 Å². The molecule has 13 heavy (non-hydrogen) atoms. The molecule has 1 aromatic carbocycles. The molecule has 0 fully saturated rings. The molecule has 0 amide bonds. The van der Waals surface area contributed by atoms with Crippen LogP contribution in [-0.4, -0.2) is 19.8 Å². The third kappa shape index (κ3) is 3.52. The standard InChI is InChI=1S/C10H14INO/c1-8(13-2)7-12-10-6-4-3-5-9(10)11/h3-6,8,12H,7H2,1-2H3. The van der Waals surface area contributed by atoms with Crippen LogP contribution in [0.1, 0.15) is 6.92 Å². The van der Waals surface area contributed by atoms with Crippen molar-refractivity contribution in [1.29, 1.82) is 0 Å². The fourth-order valence-corrected chi connectivity index (χ4v) is 1.52. The van der Waals surface area contributed by atoms with Crippen molar-refractivity contribution in [2.24, 2.45) is 0 Å². The van der Waals surface area contributed by atoms with Gasteiger partial charge in [-0.25, -0.2) is 0 Å². The molecule has 2 nitrogen and oxygen atoms in total. The molecule has 0 saturated heterocycles. The van der Waals surface area contributed by atoms with E-state index in [1.54, 1.807) is 7.11 Å². The lowest BCUT2D eigenvalue weighted by atomic mass is 10.3. The molecule has 3 heteroatoms. The van der Waals surface area contributed by atoms with Gasteiger partial charge in [-0.05, 0) is 41.6 Å². The Balaban J connectivity index is 2.50. The van der Waals surface area contributed by atoms with Crippen molar-refractivity contribution in [3.63, 3.8) is 0 Å². The van der Waals surface area contributed by atoms with Gasteiger partial charge >= 0.3 is 0 Å². The first-order valence-corrected chi connectivity index (χ1v) is 5.33. The molecule has 0 saturated carbocycles. The highest BCUT2D eigenvalue weighted by Gasteiger charge is 2.00. The predicted molar refractivity (Wildman–Crippen MR) is 64.1 cm³/mol. The zero-order valence-corrected chi connectivity index (χ0v) is 10.0. The summed E-state index contributed by atoms with van der Waals surface area (Å²) in [7, 11) is 1.72. The van der Waals surface area contributed by atoms with E-state index in [4.69, 9.17) is 4.74 Å². The van der Waals surface area contributed by atoms with Crippen LogP contribution in [0.15, 0.2) is 24.3 Å². The summed E-state index contributed by atoms with van der Waals surface area (Å²) in [6.07, 6.45) is 0.246. The van der Waals surface area contributed by atoms with E-state index in [1.807, 2.05) is 19.1 Å². The zero-order valence-electron chi connectivity index (χ0n) is 7.88.